The molecule has 3 aromatic carbocycles. The van der Waals surface area contributed by atoms with Crippen molar-refractivity contribution >= 4 is 23.7 Å². The van der Waals surface area contributed by atoms with Gasteiger partial charge in [0.25, 0.3) is 5.91 Å². The molecule has 0 heterocycles. The van der Waals surface area contributed by atoms with Crippen molar-refractivity contribution < 1.29 is 13.9 Å². The van der Waals surface area contributed by atoms with Crippen molar-refractivity contribution in [3.05, 3.63) is 100 Å². The first-order valence-corrected chi connectivity index (χ1v) is 8.55. The van der Waals surface area contributed by atoms with Gasteiger partial charge >= 0.3 is 0 Å². The van der Waals surface area contributed by atoms with Crippen LogP contribution in [0.15, 0.2) is 77.9 Å². The minimum Gasteiger partial charge on any atom is -0.488 e. The second-order valence-electron chi connectivity index (χ2n) is 5.66. The number of halogens is 2. The highest BCUT2D eigenvalue weighted by Crippen LogP contribution is 2.18. The number of hydrazone groups is 1. The van der Waals surface area contributed by atoms with Crippen LogP contribution in [0.2, 0.25) is 5.02 Å². The Morgan fingerprint density at radius 2 is 1.85 bits per heavy atom. The molecular formula is C21H16ClFN2O2. The monoisotopic (exact) mass is 382 g/mol. The molecule has 4 nitrogen and oxygen atoms in total. The van der Waals surface area contributed by atoms with Crippen molar-refractivity contribution in [2.45, 2.75) is 6.61 Å². The fraction of sp³-hybridized carbons (Fsp3) is 0.0476. The number of nitrogens with zero attached hydrogens (tertiary/aromatic N) is 1. The SMILES string of the molecule is O=C(N/N=C\c1ccccc1OCc1cccc(F)c1)c1ccc(Cl)cc1. The van der Waals surface area contributed by atoms with E-state index in [9.17, 15) is 9.18 Å². The molecule has 1 amide bonds. The van der Waals surface area contributed by atoms with Gasteiger partial charge in [0.1, 0.15) is 18.2 Å². The number of para-hydroxylation sites is 1. The van der Waals surface area contributed by atoms with Crippen molar-refractivity contribution in [2.75, 3.05) is 0 Å². The number of carbonyl (C=O) groups excluding carboxylic acids is 1. The number of nitrogens with one attached hydrogen (secondary N) is 1. The summed E-state index contributed by atoms with van der Waals surface area (Å²) in [6.07, 6.45) is 1.49. The topological polar surface area (TPSA) is 50.7 Å². The fourth-order valence-electron chi connectivity index (χ4n) is 2.33. The lowest BCUT2D eigenvalue weighted by Crippen LogP contribution is -2.17. The van der Waals surface area contributed by atoms with Gasteiger partial charge in [-0.25, -0.2) is 9.82 Å². The Morgan fingerprint density at radius 3 is 2.63 bits per heavy atom. The molecule has 6 heteroatoms. The number of carbonyl (C=O) groups is 1. The summed E-state index contributed by atoms with van der Waals surface area (Å²) >= 11 is 5.80. The summed E-state index contributed by atoms with van der Waals surface area (Å²) in [6, 6.07) is 20.0. The third kappa shape index (κ3) is 5.39. The summed E-state index contributed by atoms with van der Waals surface area (Å²) in [5, 5.41) is 4.53. The summed E-state index contributed by atoms with van der Waals surface area (Å²) in [6.45, 7) is 0.222. The molecule has 0 spiro atoms. The van der Waals surface area contributed by atoms with Gasteiger partial charge in [-0.3, -0.25) is 4.79 Å². The molecule has 0 unspecified atom stereocenters. The maximum absolute atomic E-state index is 13.3. The van der Waals surface area contributed by atoms with E-state index in [4.69, 9.17) is 16.3 Å². The Morgan fingerprint density at radius 1 is 1.07 bits per heavy atom. The van der Waals surface area contributed by atoms with Crippen LogP contribution in [-0.2, 0) is 6.61 Å². The minimum absolute atomic E-state index is 0.222. The lowest BCUT2D eigenvalue weighted by atomic mass is 10.2. The van der Waals surface area contributed by atoms with Gasteiger partial charge in [-0.05, 0) is 54.1 Å². The fourth-order valence-corrected chi connectivity index (χ4v) is 2.46. The highest BCUT2D eigenvalue weighted by atomic mass is 35.5. The van der Waals surface area contributed by atoms with Gasteiger partial charge in [0, 0.05) is 16.1 Å². The lowest BCUT2D eigenvalue weighted by Gasteiger charge is -2.09. The molecule has 0 bridgehead atoms. The third-order valence-electron chi connectivity index (χ3n) is 3.68. The highest BCUT2D eigenvalue weighted by Gasteiger charge is 2.05. The molecule has 0 aromatic heterocycles. The highest BCUT2D eigenvalue weighted by molar-refractivity contribution is 6.30. The molecule has 0 atom stereocenters. The van der Waals surface area contributed by atoms with Gasteiger partial charge in [0.15, 0.2) is 0 Å². The van der Waals surface area contributed by atoms with Crippen molar-refractivity contribution in [1.29, 1.82) is 0 Å². The van der Waals surface area contributed by atoms with Crippen LogP contribution in [0.4, 0.5) is 4.39 Å². The summed E-state index contributed by atoms with van der Waals surface area (Å²) in [4.78, 5) is 12.0. The average molecular weight is 383 g/mol. The van der Waals surface area contributed by atoms with Gasteiger partial charge in [-0.1, -0.05) is 35.9 Å². The van der Waals surface area contributed by atoms with Crippen LogP contribution < -0.4 is 10.2 Å². The van der Waals surface area contributed by atoms with Gasteiger partial charge in [-0.2, -0.15) is 5.10 Å². The van der Waals surface area contributed by atoms with Crippen LogP contribution in [-0.4, -0.2) is 12.1 Å². The molecule has 0 fully saturated rings. The second kappa shape index (κ2) is 8.96. The second-order valence-corrected chi connectivity index (χ2v) is 6.10. The Kier molecular flexibility index (Phi) is 6.18. The van der Waals surface area contributed by atoms with Crippen molar-refractivity contribution in [3.63, 3.8) is 0 Å². The number of amides is 1. The van der Waals surface area contributed by atoms with Crippen molar-refractivity contribution in [1.82, 2.24) is 5.43 Å². The largest absolute Gasteiger partial charge is 0.488 e. The van der Waals surface area contributed by atoms with E-state index >= 15 is 0 Å². The summed E-state index contributed by atoms with van der Waals surface area (Å²) in [5.74, 6) is -0.0804. The number of ether oxygens (including phenoxy) is 1. The van der Waals surface area contributed by atoms with E-state index in [0.717, 1.165) is 5.56 Å². The van der Waals surface area contributed by atoms with E-state index in [1.54, 1.807) is 48.5 Å². The molecule has 136 valence electrons. The van der Waals surface area contributed by atoms with Crippen LogP contribution in [0, 0.1) is 5.82 Å². The van der Waals surface area contributed by atoms with Crippen LogP contribution in [0.1, 0.15) is 21.5 Å². The van der Waals surface area contributed by atoms with Crippen LogP contribution in [0.5, 0.6) is 5.75 Å². The maximum atomic E-state index is 13.3. The zero-order valence-electron chi connectivity index (χ0n) is 14.2. The summed E-state index contributed by atoms with van der Waals surface area (Å²) < 4.78 is 19.0. The number of rotatable bonds is 6. The molecule has 1 N–H and O–H groups in total. The molecule has 3 aromatic rings. The number of hydrogen-bond donors (Lipinski definition) is 1. The number of benzene rings is 3. The minimum atomic E-state index is -0.346. The first-order valence-electron chi connectivity index (χ1n) is 8.17. The zero-order chi connectivity index (χ0) is 19.1. The molecule has 3 rings (SSSR count). The first kappa shape index (κ1) is 18.6. The average Bonchev–Trinajstić information content (AvgIpc) is 2.68. The van der Waals surface area contributed by atoms with Crippen LogP contribution in [0.3, 0.4) is 0 Å². The van der Waals surface area contributed by atoms with Gasteiger partial charge in [0.05, 0.1) is 6.21 Å². The van der Waals surface area contributed by atoms with E-state index in [1.165, 1.54) is 18.3 Å². The molecular weight excluding hydrogens is 367 g/mol. The van der Waals surface area contributed by atoms with Gasteiger partial charge < -0.3 is 4.74 Å². The molecule has 0 radical (unpaired) electrons. The third-order valence-corrected chi connectivity index (χ3v) is 3.93. The Balaban J connectivity index is 1.64. The lowest BCUT2D eigenvalue weighted by molar-refractivity contribution is 0.0955. The summed E-state index contributed by atoms with van der Waals surface area (Å²) in [5.41, 5.74) is 4.31. The Hall–Kier alpha value is -3.18. The van der Waals surface area contributed by atoms with Gasteiger partial charge in [-0.15, -0.1) is 0 Å². The van der Waals surface area contributed by atoms with Gasteiger partial charge in [0.2, 0.25) is 0 Å². The van der Waals surface area contributed by atoms with Crippen LogP contribution in [0.25, 0.3) is 0 Å². The first-order chi connectivity index (χ1) is 13.1. The van der Waals surface area contributed by atoms with E-state index in [1.807, 2.05) is 12.1 Å². The predicted molar refractivity (Wildman–Crippen MR) is 104 cm³/mol. The molecule has 0 aliphatic rings. The summed E-state index contributed by atoms with van der Waals surface area (Å²) in [7, 11) is 0. The molecule has 0 aliphatic heterocycles. The molecule has 0 saturated heterocycles. The Bertz CT molecular complexity index is 958. The van der Waals surface area contributed by atoms with E-state index in [2.05, 4.69) is 10.5 Å². The van der Waals surface area contributed by atoms with Crippen molar-refractivity contribution in [3.8, 4) is 5.75 Å². The quantitative estimate of drug-likeness (QED) is 0.490. The smallest absolute Gasteiger partial charge is 0.271 e. The normalized spacial score (nSPS) is 10.7. The molecule has 0 aliphatic carbocycles. The van der Waals surface area contributed by atoms with Crippen LogP contribution >= 0.6 is 11.6 Å². The predicted octanol–water partition coefficient (Wildman–Crippen LogP) is 4.82. The zero-order valence-corrected chi connectivity index (χ0v) is 15.0. The van der Waals surface area contributed by atoms with E-state index in [0.29, 0.717) is 21.9 Å². The molecule has 27 heavy (non-hydrogen) atoms. The number of hydrogen-bond acceptors (Lipinski definition) is 3. The maximum Gasteiger partial charge on any atom is 0.271 e. The standard InChI is InChI=1S/C21H16ClFN2O2/c22-18-10-8-16(9-11-18)21(26)25-24-13-17-5-1-2-7-20(17)27-14-15-4-3-6-19(23)12-15/h1-13H,14H2,(H,25,26)/b24-13-. The van der Waals surface area contributed by atoms with E-state index in [-0.39, 0.29) is 18.3 Å². The Labute approximate surface area is 161 Å². The molecule has 0 saturated carbocycles. The van der Waals surface area contributed by atoms with E-state index < -0.39 is 0 Å². The van der Waals surface area contributed by atoms with Crippen molar-refractivity contribution in [2.24, 2.45) is 5.10 Å².